The number of rotatable bonds is 7. The first-order valence-corrected chi connectivity index (χ1v) is 10.00. The summed E-state index contributed by atoms with van der Waals surface area (Å²) in [5.74, 6) is -0.404. The van der Waals surface area contributed by atoms with Crippen LogP contribution in [0.2, 0.25) is 5.02 Å². The van der Waals surface area contributed by atoms with Crippen molar-refractivity contribution in [1.29, 1.82) is 0 Å². The number of hydrogen-bond donors (Lipinski definition) is 1. The molecule has 1 atom stereocenters. The Kier molecular flexibility index (Phi) is 6.28. The van der Waals surface area contributed by atoms with Crippen LogP contribution in [0.1, 0.15) is 39.0 Å². The van der Waals surface area contributed by atoms with E-state index in [4.69, 9.17) is 16.3 Å². The molecule has 134 valence electrons. The van der Waals surface area contributed by atoms with Crippen LogP contribution in [0.25, 0.3) is 0 Å². The second kappa shape index (κ2) is 7.85. The molecule has 0 bridgehead atoms. The van der Waals surface area contributed by atoms with E-state index in [1.54, 1.807) is 7.11 Å². The topological polar surface area (TPSA) is 72.5 Å². The van der Waals surface area contributed by atoms with Crippen LogP contribution < -0.4 is 5.32 Å². The summed E-state index contributed by atoms with van der Waals surface area (Å²) in [5, 5.41) is 3.33. The summed E-state index contributed by atoms with van der Waals surface area (Å²) in [7, 11) is -2.19. The van der Waals surface area contributed by atoms with Crippen molar-refractivity contribution in [2.75, 3.05) is 13.7 Å². The first-order valence-electron chi connectivity index (χ1n) is 8.13. The summed E-state index contributed by atoms with van der Waals surface area (Å²) in [4.78, 5) is 13.0. The molecular formula is C17H24ClNO4S. The van der Waals surface area contributed by atoms with Crippen molar-refractivity contribution in [2.45, 2.75) is 54.7 Å². The molecule has 0 radical (unpaired) electrons. The average molecular weight is 374 g/mol. The van der Waals surface area contributed by atoms with Crippen LogP contribution in [0.3, 0.4) is 0 Å². The zero-order valence-electron chi connectivity index (χ0n) is 14.0. The lowest BCUT2D eigenvalue weighted by atomic mass is 10.1. The van der Waals surface area contributed by atoms with Crippen LogP contribution in [0.15, 0.2) is 29.2 Å². The number of methoxy groups -OCH3 is 1. The number of nitrogens with one attached hydrogen (secondary N) is 1. The number of benzene rings is 1. The molecule has 7 heteroatoms. The Morgan fingerprint density at radius 2 is 1.88 bits per heavy atom. The number of hydrogen-bond acceptors (Lipinski definition) is 4. The van der Waals surface area contributed by atoms with Gasteiger partial charge in [0.15, 0.2) is 14.6 Å². The van der Waals surface area contributed by atoms with Gasteiger partial charge in [-0.1, -0.05) is 24.4 Å². The van der Waals surface area contributed by atoms with E-state index in [-0.39, 0.29) is 10.9 Å². The van der Waals surface area contributed by atoms with Gasteiger partial charge < -0.3 is 10.1 Å². The Morgan fingerprint density at radius 1 is 1.29 bits per heavy atom. The van der Waals surface area contributed by atoms with Gasteiger partial charge in [-0.05, 0) is 50.5 Å². The Labute approximate surface area is 148 Å². The molecule has 0 aliphatic heterocycles. The van der Waals surface area contributed by atoms with Gasteiger partial charge in [0.1, 0.15) is 0 Å². The van der Waals surface area contributed by atoms with Gasteiger partial charge in [0.2, 0.25) is 5.91 Å². The third kappa shape index (κ3) is 3.76. The van der Waals surface area contributed by atoms with E-state index in [0.29, 0.717) is 30.9 Å². The number of halogens is 1. The van der Waals surface area contributed by atoms with Gasteiger partial charge in [0, 0.05) is 24.8 Å². The SMILES string of the molecule is COCCC(C)NC(=O)C1(S(=O)(=O)c2ccc(Cl)cc2)CCCC1. The lowest BCUT2D eigenvalue weighted by Crippen LogP contribution is -2.52. The maximum absolute atomic E-state index is 13.2. The van der Waals surface area contributed by atoms with Gasteiger partial charge in [-0.25, -0.2) is 8.42 Å². The summed E-state index contributed by atoms with van der Waals surface area (Å²) >= 11 is 5.85. The highest BCUT2D eigenvalue weighted by molar-refractivity contribution is 7.93. The molecule has 1 aromatic rings. The Morgan fingerprint density at radius 3 is 2.42 bits per heavy atom. The van der Waals surface area contributed by atoms with E-state index in [2.05, 4.69) is 5.32 Å². The van der Waals surface area contributed by atoms with Crippen LogP contribution in [0, 0.1) is 0 Å². The molecule has 0 heterocycles. The normalized spacial score (nSPS) is 18.3. The fraction of sp³-hybridized carbons (Fsp3) is 0.588. The Hall–Kier alpha value is -1.11. The van der Waals surface area contributed by atoms with Crippen LogP contribution in [0.5, 0.6) is 0 Å². The van der Waals surface area contributed by atoms with Crippen molar-refractivity contribution in [3.63, 3.8) is 0 Å². The zero-order valence-corrected chi connectivity index (χ0v) is 15.6. The van der Waals surface area contributed by atoms with Gasteiger partial charge in [-0.3, -0.25) is 4.79 Å². The molecule has 1 aliphatic carbocycles. The van der Waals surface area contributed by atoms with Crippen LogP contribution >= 0.6 is 11.6 Å². The number of carbonyl (C=O) groups excluding carboxylic acids is 1. The largest absolute Gasteiger partial charge is 0.385 e. The summed E-state index contributed by atoms with van der Waals surface area (Å²) in [6.45, 7) is 2.37. The Balaban J connectivity index is 2.29. The molecule has 1 unspecified atom stereocenters. The molecule has 2 rings (SSSR count). The second-order valence-electron chi connectivity index (χ2n) is 6.31. The van der Waals surface area contributed by atoms with Crippen molar-refractivity contribution in [1.82, 2.24) is 5.32 Å². The van der Waals surface area contributed by atoms with Gasteiger partial charge in [-0.15, -0.1) is 0 Å². The molecule has 1 aromatic carbocycles. The van der Waals surface area contributed by atoms with E-state index in [1.165, 1.54) is 24.3 Å². The molecule has 0 spiro atoms. The van der Waals surface area contributed by atoms with Crippen molar-refractivity contribution in [3.8, 4) is 0 Å². The standard InChI is InChI=1S/C17H24ClNO4S/c1-13(9-12-23-2)19-16(20)17(10-3-4-11-17)24(21,22)15-7-5-14(18)6-8-15/h5-8,13H,3-4,9-12H2,1-2H3,(H,19,20). The minimum absolute atomic E-state index is 0.143. The summed E-state index contributed by atoms with van der Waals surface area (Å²) in [5.41, 5.74) is 0. The molecule has 5 nitrogen and oxygen atoms in total. The molecule has 1 aliphatic rings. The fourth-order valence-electron chi connectivity index (χ4n) is 3.13. The van der Waals surface area contributed by atoms with Crippen molar-refractivity contribution >= 4 is 27.3 Å². The third-order valence-corrected chi connectivity index (χ3v) is 7.36. The van der Waals surface area contributed by atoms with Crippen LogP contribution in [-0.2, 0) is 19.4 Å². The highest BCUT2D eigenvalue weighted by Gasteiger charge is 2.53. The van der Waals surface area contributed by atoms with Crippen LogP contribution in [0.4, 0.5) is 0 Å². The minimum atomic E-state index is -3.78. The highest BCUT2D eigenvalue weighted by atomic mass is 35.5. The summed E-state index contributed by atoms with van der Waals surface area (Å²) in [6, 6.07) is 5.88. The first kappa shape index (κ1) is 19.2. The predicted molar refractivity (Wildman–Crippen MR) is 93.9 cm³/mol. The Bertz CT molecular complexity index is 666. The first-order chi connectivity index (χ1) is 11.3. The van der Waals surface area contributed by atoms with Gasteiger partial charge in [0.25, 0.3) is 0 Å². The minimum Gasteiger partial charge on any atom is -0.385 e. The molecule has 1 amide bonds. The number of sulfone groups is 1. The molecule has 1 fully saturated rings. The lowest BCUT2D eigenvalue weighted by Gasteiger charge is -2.29. The van der Waals surface area contributed by atoms with Gasteiger partial charge >= 0.3 is 0 Å². The monoisotopic (exact) mass is 373 g/mol. The number of amides is 1. The van der Waals surface area contributed by atoms with Crippen molar-refractivity contribution in [2.24, 2.45) is 0 Å². The number of carbonyl (C=O) groups is 1. The van der Waals surface area contributed by atoms with Crippen molar-refractivity contribution < 1.29 is 17.9 Å². The van der Waals surface area contributed by atoms with Crippen molar-refractivity contribution in [3.05, 3.63) is 29.3 Å². The van der Waals surface area contributed by atoms with E-state index in [0.717, 1.165) is 12.8 Å². The predicted octanol–water partition coefficient (Wildman–Crippen LogP) is 2.97. The third-order valence-electron chi connectivity index (χ3n) is 4.60. The number of ether oxygens (including phenoxy) is 1. The highest BCUT2D eigenvalue weighted by Crippen LogP contribution is 2.41. The quantitative estimate of drug-likeness (QED) is 0.797. The smallest absolute Gasteiger partial charge is 0.242 e. The zero-order chi connectivity index (χ0) is 17.8. The molecule has 0 aromatic heterocycles. The molecule has 0 saturated heterocycles. The van der Waals surface area contributed by atoms with Crippen LogP contribution in [-0.4, -0.2) is 38.8 Å². The fourth-order valence-corrected chi connectivity index (χ4v) is 5.33. The van der Waals surface area contributed by atoms with E-state index in [1.807, 2.05) is 6.92 Å². The van der Waals surface area contributed by atoms with Gasteiger partial charge in [0.05, 0.1) is 4.90 Å². The summed E-state index contributed by atoms with van der Waals surface area (Å²) in [6.07, 6.45) is 2.79. The van der Waals surface area contributed by atoms with Gasteiger partial charge in [-0.2, -0.15) is 0 Å². The van der Waals surface area contributed by atoms with E-state index in [9.17, 15) is 13.2 Å². The second-order valence-corrected chi connectivity index (χ2v) is 9.01. The lowest BCUT2D eigenvalue weighted by molar-refractivity contribution is -0.124. The van der Waals surface area contributed by atoms with E-state index < -0.39 is 20.5 Å². The average Bonchev–Trinajstić information content (AvgIpc) is 3.05. The molecule has 24 heavy (non-hydrogen) atoms. The maximum atomic E-state index is 13.2. The molecular weight excluding hydrogens is 350 g/mol. The maximum Gasteiger partial charge on any atom is 0.242 e. The molecule has 1 N–H and O–H groups in total. The van der Waals surface area contributed by atoms with E-state index >= 15 is 0 Å². The molecule has 1 saturated carbocycles. The summed E-state index contributed by atoms with van der Waals surface area (Å²) < 4.78 is 30.0.